The second-order valence-electron chi connectivity index (χ2n) is 5.85. The standard InChI is InChI=1S/C13H23N5/c1-10(2)17-6-4-5-11(17)13-15-14-12-9-16(3)7-8-18(12)13/h10-11H,4-9H2,1-3H3. The van der Waals surface area contributed by atoms with Gasteiger partial charge in [-0.25, -0.2) is 0 Å². The van der Waals surface area contributed by atoms with Crippen LogP contribution < -0.4 is 0 Å². The smallest absolute Gasteiger partial charge is 0.150 e. The van der Waals surface area contributed by atoms with Crippen LogP contribution in [0, 0.1) is 0 Å². The third-order valence-corrected chi connectivity index (χ3v) is 4.23. The number of aromatic nitrogens is 3. The van der Waals surface area contributed by atoms with Crippen molar-refractivity contribution in [1.82, 2.24) is 24.6 Å². The van der Waals surface area contributed by atoms with Gasteiger partial charge in [0.05, 0.1) is 12.6 Å². The van der Waals surface area contributed by atoms with Gasteiger partial charge in [-0.3, -0.25) is 9.80 Å². The Bertz CT molecular complexity index is 425. The van der Waals surface area contributed by atoms with E-state index in [2.05, 4.69) is 45.5 Å². The van der Waals surface area contributed by atoms with E-state index in [4.69, 9.17) is 0 Å². The highest BCUT2D eigenvalue weighted by Crippen LogP contribution is 2.33. The maximum atomic E-state index is 4.49. The quantitative estimate of drug-likeness (QED) is 0.791. The van der Waals surface area contributed by atoms with Gasteiger partial charge in [-0.15, -0.1) is 10.2 Å². The summed E-state index contributed by atoms with van der Waals surface area (Å²) in [6.45, 7) is 8.83. The molecule has 0 spiro atoms. The fraction of sp³-hybridized carbons (Fsp3) is 0.846. The van der Waals surface area contributed by atoms with Gasteiger partial charge in [0, 0.05) is 19.1 Å². The normalized spacial score (nSPS) is 25.9. The van der Waals surface area contributed by atoms with E-state index < -0.39 is 0 Å². The lowest BCUT2D eigenvalue weighted by Crippen LogP contribution is -2.35. The minimum atomic E-state index is 0.481. The van der Waals surface area contributed by atoms with E-state index in [-0.39, 0.29) is 0 Å². The van der Waals surface area contributed by atoms with Crippen LogP contribution in [-0.4, -0.2) is 50.7 Å². The average Bonchev–Trinajstić information content (AvgIpc) is 2.92. The van der Waals surface area contributed by atoms with Crippen LogP contribution in [0.15, 0.2) is 0 Å². The second kappa shape index (κ2) is 4.63. The Balaban J connectivity index is 1.89. The minimum absolute atomic E-state index is 0.481. The van der Waals surface area contributed by atoms with Crippen LogP contribution in [0.3, 0.4) is 0 Å². The average molecular weight is 249 g/mol. The molecule has 2 aliphatic heterocycles. The number of likely N-dealkylation sites (N-methyl/N-ethyl adjacent to an activating group) is 1. The maximum absolute atomic E-state index is 4.49. The molecule has 3 rings (SSSR count). The highest BCUT2D eigenvalue weighted by atomic mass is 15.4. The third kappa shape index (κ3) is 1.95. The molecule has 0 radical (unpaired) electrons. The molecule has 0 bridgehead atoms. The van der Waals surface area contributed by atoms with Crippen LogP contribution in [0.25, 0.3) is 0 Å². The summed E-state index contributed by atoms with van der Waals surface area (Å²) in [6, 6.07) is 1.08. The molecule has 0 N–H and O–H groups in total. The van der Waals surface area contributed by atoms with Crippen molar-refractivity contribution in [2.75, 3.05) is 20.1 Å². The van der Waals surface area contributed by atoms with Crippen molar-refractivity contribution in [3.05, 3.63) is 11.6 Å². The Morgan fingerprint density at radius 3 is 2.78 bits per heavy atom. The predicted molar refractivity (Wildman–Crippen MR) is 70.2 cm³/mol. The van der Waals surface area contributed by atoms with E-state index >= 15 is 0 Å². The Labute approximate surface area is 109 Å². The lowest BCUT2D eigenvalue weighted by atomic mass is 10.2. The summed E-state index contributed by atoms with van der Waals surface area (Å²) in [5, 5.41) is 8.88. The third-order valence-electron chi connectivity index (χ3n) is 4.23. The van der Waals surface area contributed by atoms with Gasteiger partial charge >= 0.3 is 0 Å². The SMILES string of the molecule is CC(C)N1CCCC1c1nnc2n1CCN(C)C2. The van der Waals surface area contributed by atoms with E-state index in [0.717, 1.165) is 25.5 Å². The van der Waals surface area contributed by atoms with Crippen molar-refractivity contribution in [3.63, 3.8) is 0 Å². The molecule has 5 nitrogen and oxygen atoms in total. The molecular formula is C13H23N5. The lowest BCUT2D eigenvalue weighted by molar-refractivity contribution is 0.188. The van der Waals surface area contributed by atoms with Crippen molar-refractivity contribution in [2.24, 2.45) is 0 Å². The van der Waals surface area contributed by atoms with Gasteiger partial charge in [0.2, 0.25) is 0 Å². The topological polar surface area (TPSA) is 37.2 Å². The molecule has 0 amide bonds. The molecule has 0 aromatic carbocycles. The fourth-order valence-electron chi connectivity index (χ4n) is 3.23. The first-order valence-electron chi connectivity index (χ1n) is 7.03. The fourth-order valence-corrected chi connectivity index (χ4v) is 3.23. The lowest BCUT2D eigenvalue weighted by Gasteiger charge is -2.30. The summed E-state index contributed by atoms with van der Waals surface area (Å²) in [4.78, 5) is 4.87. The van der Waals surface area contributed by atoms with Gasteiger partial charge in [0.15, 0.2) is 5.82 Å². The number of nitrogens with zero attached hydrogens (tertiary/aromatic N) is 5. The summed E-state index contributed by atoms with van der Waals surface area (Å²) in [7, 11) is 2.15. The van der Waals surface area contributed by atoms with Crippen molar-refractivity contribution in [2.45, 2.75) is 51.9 Å². The molecule has 0 aliphatic carbocycles. The van der Waals surface area contributed by atoms with E-state index in [1.165, 1.54) is 25.2 Å². The summed E-state index contributed by atoms with van der Waals surface area (Å²) < 4.78 is 2.35. The number of likely N-dealkylation sites (tertiary alicyclic amines) is 1. The molecule has 0 saturated carbocycles. The summed E-state index contributed by atoms with van der Waals surface area (Å²) >= 11 is 0. The zero-order valence-electron chi connectivity index (χ0n) is 11.6. The van der Waals surface area contributed by atoms with E-state index in [1.54, 1.807) is 0 Å². The van der Waals surface area contributed by atoms with Crippen molar-refractivity contribution < 1.29 is 0 Å². The Kier molecular flexibility index (Phi) is 3.11. The molecule has 1 aromatic rings. The van der Waals surface area contributed by atoms with Crippen LogP contribution in [0.4, 0.5) is 0 Å². The number of rotatable bonds is 2. The second-order valence-corrected chi connectivity index (χ2v) is 5.85. The summed E-state index contributed by atoms with van der Waals surface area (Å²) in [6.07, 6.45) is 2.51. The Hall–Kier alpha value is -0.940. The molecular weight excluding hydrogens is 226 g/mol. The molecule has 5 heteroatoms. The molecule has 2 aliphatic rings. The minimum Gasteiger partial charge on any atom is -0.311 e. The van der Waals surface area contributed by atoms with Crippen molar-refractivity contribution in [1.29, 1.82) is 0 Å². The predicted octanol–water partition coefficient (Wildman–Crippen LogP) is 1.27. The zero-order chi connectivity index (χ0) is 12.7. The van der Waals surface area contributed by atoms with Crippen LogP contribution in [0.1, 0.15) is 44.4 Å². The first-order valence-corrected chi connectivity index (χ1v) is 7.03. The van der Waals surface area contributed by atoms with E-state index in [0.29, 0.717) is 12.1 Å². The molecule has 1 unspecified atom stereocenters. The Morgan fingerprint density at radius 2 is 2.00 bits per heavy atom. The molecule has 3 heterocycles. The highest BCUT2D eigenvalue weighted by molar-refractivity contribution is 5.06. The van der Waals surface area contributed by atoms with Gasteiger partial charge in [-0.05, 0) is 40.3 Å². The van der Waals surface area contributed by atoms with Crippen LogP contribution in [0.5, 0.6) is 0 Å². The van der Waals surface area contributed by atoms with Gasteiger partial charge in [-0.1, -0.05) is 0 Å². The van der Waals surface area contributed by atoms with Crippen molar-refractivity contribution in [3.8, 4) is 0 Å². The van der Waals surface area contributed by atoms with Crippen LogP contribution in [-0.2, 0) is 13.1 Å². The number of hydrogen-bond donors (Lipinski definition) is 0. The van der Waals surface area contributed by atoms with E-state index in [1.807, 2.05) is 0 Å². The molecule has 1 aromatic heterocycles. The first kappa shape index (κ1) is 12.1. The molecule has 1 atom stereocenters. The highest BCUT2D eigenvalue weighted by Gasteiger charge is 2.33. The van der Waals surface area contributed by atoms with Gasteiger partial charge in [-0.2, -0.15) is 0 Å². The monoisotopic (exact) mass is 249 g/mol. The van der Waals surface area contributed by atoms with Gasteiger partial charge < -0.3 is 4.57 Å². The number of fused-ring (bicyclic) bond motifs is 1. The van der Waals surface area contributed by atoms with Crippen molar-refractivity contribution >= 4 is 0 Å². The summed E-state index contributed by atoms with van der Waals surface area (Å²) in [5.41, 5.74) is 0. The van der Waals surface area contributed by atoms with E-state index in [9.17, 15) is 0 Å². The molecule has 1 saturated heterocycles. The van der Waals surface area contributed by atoms with Gasteiger partial charge in [0.1, 0.15) is 5.82 Å². The Morgan fingerprint density at radius 1 is 1.17 bits per heavy atom. The van der Waals surface area contributed by atoms with Crippen LogP contribution in [0.2, 0.25) is 0 Å². The van der Waals surface area contributed by atoms with Crippen LogP contribution >= 0.6 is 0 Å². The maximum Gasteiger partial charge on any atom is 0.150 e. The summed E-state index contributed by atoms with van der Waals surface area (Å²) in [5.74, 6) is 2.33. The number of hydrogen-bond acceptors (Lipinski definition) is 4. The molecule has 100 valence electrons. The largest absolute Gasteiger partial charge is 0.311 e. The zero-order valence-corrected chi connectivity index (χ0v) is 11.6. The first-order chi connectivity index (χ1) is 8.66. The van der Waals surface area contributed by atoms with Gasteiger partial charge in [0.25, 0.3) is 0 Å². The molecule has 1 fully saturated rings. The molecule has 18 heavy (non-hydrogen) atoms.